The number of benzene rings is 2. The number of hydrogen-bond acceptors (Lipinski definition) is 5. The van der Waals surface area contributed by atoms with Crippen LogP contribution in [0.5, 0.6) is 0 Å². The summed E-state index contributed by atoms with van der Waals surface area (Å²) in [6.07, 6.45) is 0. The molecule has 0 aliphatic carbocycles. The molecule has 1 amide bonds. The number of nitro groups is 1. The average Bonchev–Trinajstić information content (AvgIpc) is 2.67. The number of rotatable bonds is 4. The summed E-state index contributed by atoms with van der Waals surface area (Å²) < 4.78 is 41.1. The largest absolute Gasteiger partial charge is 0.336 e. The van der Waals surface area contributed by atoms with Gasteiger partial charge in [0.05, 0.1) is 15.4 Å². The highest BCUT2D eigenvalue weighted by atomic mass is 35.5. The Hall–Kier alpha value is -2.56. The van der Waals surface area contributed by atoms with Crippen molar-refractivity contribution in [3.63, 3.8) is 0 Å². The van der Waals surface area contributed by atoms with Crippen LogP contribution in [0.3, 0.4) is 0 Å². The summed E-state index contributed by atoms with van der Waals surface area (Å²) in [6, 6.07) is 7.39. The number of carbonyl (C=O) groups is 1. The second-order valence-electron chi connectivity index (χ2n) is 6.53. The number of piperazine rings is 1. The summed E-state index contributed by atoms with van der Waals surface area (Å²) in [5, 5.41) is 11.2. The summed E-state index contributed by atoms with van der Waals surface area (Å²) in [5.41, 5.74) is -0.0706. The molecule has 0 unspecified atom stereocenters. The standard InChI is InChI=1S/C18H17ClFN3O5S/c1-12-2-4-14(23(25)26)11-17(12)29(27,28)22-8-6-21(7-9-22)18(24)15-5-3-13(19)10-16(15)20/h2-5,10-11H,6-9H2,1H3. The highest BCUT2D eigenvalue weighted by Crippen LogP contribution is 2.26. The van der Waals surface area contributed by atoms with Gasteiger partial charge >= 0.3 is 0 Å². The number of sulfonamides is 1. The van der Waals surface area contributed by atoms with Crippen molar-refractivity contribution in [2.24, 2.45) is 0 Å². The Morgan fingerprint density at radius 2 is 1.79 bits per heavy atom. The number of nitro benzene ring substituents is 1. The Kier molecular flexibility index (Phi) is 5.87. The summed E-state index contributed by atoms with van der Waals surface area (Å²) in [5.74, 6) is -1.30. The minimum Gasteiger partial charge on any atom is -0.336 e. The number of aryl methyl sites for hydroxylation is 1. The molecule has 0 bridgehead atoms. The third kappa shape index (κ3) is 4.24. The van der Waals surface area contributed by atoms with E-state index in [0.29, 0.717) is 5.56 Å². The van der Waals surface area contributed by atoms with Gasteiger partial charge in [-0.25, -0.2) is 12.8 Å². The molecule has 0 saturated carbocycles. The number of amides is 1. The van der Waals surface area contributed by atoms with E-state index in [1.807, 2.05) is 0 Å². The number of nitrogens with zero attached hydrogens (tertiary/aromatic N) is 3. The Balaban J connectivity index is 1.77. The van der Waals surface area contributed by atoms with Gasteiger partial charge in [0.25, 0.3) is 11.6 Å². The van der Waals surface area contributed by atoms with Crippen molar-refractivity contribution >= 4 is 33.2 Å². The Labute approximate surface area is 171 Å². The van der Waals surface area contributed by atoms with Gasteiger partial charge in [-0.05, 0) is 30.7 Å². The van der Waals surface area contributed by atoms with E-state index in [9.17, 15) is 27.7 Å². The molecule has 3 rings (SSSR count). The van der Waals surface area contributed by atoms with Crippen LogP contribution in [0.15, 0.2) is 41.3 Å². The highest BCUT2D eigenvalue weighted by Gasteiger charge is 2.32. The Morgan fingerprint density at radius 3 is 2.38 bits per heavy atom. The fourth-order valence-electron chi connectivity index (χ4n) is 3.08. The molecule has 154 valence electrons. The molecular weight excluding hydrogens is 425 g/mol. The van der Waals surface area contributed by atoms with Crippen LogP contribution in [-0.2, 0) is 10.0 Å². The lowest BCUT2D eigenvalue weighted by Gasteiger charge is -2.34. The van der Waals surface area contributed by atoms with Crippen LogP contribution in [0.25, 0.3) is 0 Å². The van der Waals surface area contributed by atoms with Crippen LogP contribution in [0.2, 0.25) is 5.02 Å². The fourth-order valence-corrected chi connectivity index (χ4v) is 4.91. The zero-order valence-corrected chi connectivity index (χ0v) is 16.9. The summed E-state index contributed by atoms with van der Waals surface area (Å²) in [6.45, 7) is 1.67. The van der Waals surface area contributed by atoms with E-state index < -0.39 is 26.7 Å². The van der Waals surface area contributed by atoms with Crippen molar-refractivity contribution in [1.29, 1.82) is 0 Å². The molecule has 1 aliphatic heterocycles. The molecule has 1 fully saturated rings. The molecule has 0 aromatic heterocycles. The lowest BCUT2D eigenvalue weighted by molar-refractivity contribution is -0.385. The molecule has 0 spiro atoms. The molecule has 1 aliphatic rings. The van der Waals surface area contributed by atoms with Gasteiger partial charge in [-0.1, -0.05) is 17.7 Å². The summed E-state index contributed by atoms with van der Waals surface area (Å²) in [7, 11) is -3.98. The molecule has 2 aromatic carbocycles. The minimum atomic E-state index is -3.98. The van der Waals surface area contributed by atoms with Gasteiger partial charge in [-0.15, -0.1) is 0 Å². The third-order valence-corrected chi connectivity index (χ3v) is 6.96. The first-order chi connectivity index (χ1) is 13.6. The normalized spacial score (nSPS) is 15.3. The summed E-state index contributed by atoms with van der Waals surface area (Å²) >= 11 is 5.70. The van der Waals surface area contributed by atoms with Crippen molar-refractivity contribution < 1.29 is 22.5 Å². The van der Waals surface area contributed by atoms with Gasteiger partial charge in [0.15, 0.2) is 0 Å². The first-order valence-electron chi connectivity index (χ1n) is 8.61. The average molecular weight is 442 g/mol. The van der Waals surface area contributed by atoms with Gasteiger partial charge in [-0.2, -0.15) is 4.31 Å². The quantitative estimate of drug-likeness (QED) is 0.536. The van der Waals surface area contributed by atoms with Gasteiger partial charge in [0, 0.05) is 43.3 Å². The molecule has 29 heavy (non-hydrogen) atoms. The maximum atomic E-state index is 14.0. The van der Waals surface area contributed by atoms with Crippen molar-refractivity contribution in [3.8, 4) is 0 Å². The van der Waals surface area contributed by atoms with Crippen molar-refractivity contribution in [1.82, 2.24) is 9.21 Å². The highest BCUT2D eigenvalue weighted by molar-refractivity contribution is 7.89. The third-order valence-electron chi connectivity index (χ3n) is 4.69. The van der Waals surface area contributed by atoms with Gasteiger partial charge in [0.1, 0.15) is 5.82 Å². The molecule has 0 N–H and O–H groups in total. The van der Waals surface area contributed by atoms with E-state index in [-0.39, 0.29) is 47.3 Å². The maximum Gasteiger partial charge on any atom is 0.270 e. The topological polar surface area (TPSA) is 101 Å². The number of non-ortho nitro benzene ring substituents is 1. The molecule has 11 heteroatoms. The molecule has 0 radical (unpaired) electrons. The fraction of sp³-hybridized carbons (Fsp3) is 0.278. The van der Waals surface area contributed by atoms with E-state index >= 15 is 0 Å². The van der Waals surface area contributed by atoms with E-state index in [4.69, 9.17) is 11.6 Å². The van der Waals surface area contributed by atoms with Crippen molar-refractivity contribution in [3.05, 3.63) is 68.5 Å². The molecule has 8 nitrogen and oxygen atoms in total. The van der Waals surface area contributed by atoms with E-state index in [1.54, 1.807) is 6.92 Å². The molecule has 0 atom stereocenters. The van der Waals surface area contributed by atoms with Gasteiger partial charge in [0.2, 0.25) is 10.0 Å². The predicted octanol–water partition coefficient (Wildman–Crippen LogP) is 2.84. The Bertz CT molecular complexity index is 1080. The summed E-state index contributed by atoms with van der Waals surface area (Å²) in [4.78, 5) is 24.1. The first-order valence-corrected chi connectivity index (χ1v) is 10.4. The molecule has 1 heterocycles. The van der Waals surface area contributed by atoms with Crippen LogP contribution in [0.1, 0.15) is 15.9 Å². The lowest BCUT2D eigenvalue weighted by Crippen LogP contribution is -2.50. The van der Waals surface area contributed by atoms with Crippen molar-refractivity contribution in [2.75, 3.05) is 26.2 Å². The zero-order valence-electron chi connectivity index (χ0n) is 15.3. The van der Waals surface area contributed by atoms with Crippen LogP contribution < -0.4 is 0 Å². The van der Waals surface area contributed by atoms with Crippen LogP contribution in [0, 0.1) is 22.9 Å². The maximum absolute atomic E-state index is 14.0. The number of halogens is 2. The van der Waals surface area contributed by atoms with Crippen LogP contribution in [0.4, 0.5) is 10.1 Å². The minimum absolute atomic E-state index is 0.00852. The second-order valence-corrected chi connectivity index (χ2v) is 8.87. The van der Waals surface area contributed by atoms with Crippen LogP contribution in [-0.4, -0.2) is 54.6 Å². The number of hydrogen-bond donors (Lipinski definition) is 0. The molecular formula is C18H17ClFN3O5S. The van der Waals surface area contributed by atoms with Gasteiger partial charge < -0.3 is 4.90 Å². The second kappa shape index (κ2) is 8.05. The van der Waals surface area contributed by atoms with Crippen molar-refractivity contribution in [2.45, 2.75) is 11.8 Å². The predicted molar refractivity (Wildman–Crippen MR) is 104 cm³/mol. The van der Waals surface area contributed by atoms with Gasteiger partial charge in [-0.3, -0.25) is 14.9 Å². The molecule has 1 saturated heterocycles. The van der Waals surface area contributed by atoms with E-state index in [0.717, 1.165) is 12.1 Å². The van der Waals surface area contributed by atoms with Crippen LogP contribution >= 0.6 is 11.6 Å². The van der Waals surface area contributed by atoms with E-state index in [1.165, 1.54) is 33.5 Å². The smallest absolute Gasteiger partial charge is 0.270 e. The monoisotopic (exact) mass is 441 g/mol. The number of carbonyl (C=O) groups excluding carboxylic acids is 1. The first kappa shape index (κ1) is 21.2. The Morgan fingerprint density at radius 1 is 1.14 bits per heavy atom. The molecule has 2 aromatic rings. The lowest BCUT2D eigenvalue weighted by atomic mass is 10.1. The zero-order chi connectivity index (χ0) is 21.3. The van der Waals surface area contributed by atoms with E-state index in [2.05, 4.69) is 0 Å². The SMILES string of the molecule is Cc1ccc([N+](=O)[O-])cc1S(=O)(=O)N1CCN(C(=O)c2ccc(Cl)cc2F)CC1.